The first kappa shape index (κ1) is 16.1. The summed E-state index contributed by atoms with van der Waals surface area (Å²) in [4.78, 5) is 10.7. The van der Waals surface area contributed by atoms with Gasteiger partial charge in [-0.3, -0.25) is 0 Å². The Morgan fingerprint density at radius 3 is 2.96 bits per heavy atom. The van der Waals surface area contributed by atoms with E-state index in [0.29, 0.717) is 30.3 Å². The zero-order valence-corrected chi connectivity index (χ0v) is 13.4. The molecule has 24 heavy (non-hydrogen) atoms. The number of nitrogens with zero attached hydrogens (tertiary/aromatic N) is 4. The van der Waals surface area contributed by atoms with E-state index in [-0.39, 0.29) is 17.6 Å². The van der Waals surface area contributed by atoms with Crippen molar-refractivity contribution in [3.8, 4) is 17.3 Å². The molecule has 3 rings (SSSR count). The molecular weight excluding hydrogens is 309 g/mol. The predicted octanol–water partition coefficient (Wildman–Crippen LogP) is 2.35. The van der Waals surface area contributed by atoms with Crippen molar-refractivity contribution in [3.63, 3.8) is 0 Å². The lowest BCUT2D eigenvalue weighted by Crippen LogP contribution is -2.45. The second-order valence-electron chi connectivity index (χ2n) is 5.61. The van der Waals surface area contributed by atoms with Gasteiger partial charge in [-0.25, -0.2) is 9.37 Å². The van der Waals surface area contributed by atoms with E-state index < -0.39 is 5.82 Å². The summed E-state index contributed by atoms with van der Waals surface area (Å²) in [6.45, 7) is 4.08. The van der Waals surface area contributed by atoms with Crippen LogP contribution in [0.25, 0.3) is 11.3 Å². The average Bonchev–Trinajstić information content (AvgIpc) is 2.61. The number of aromatic nitrogens is 2. The molecule has 0 unspecified atom stereocenters. The minimum atomic E-state index is -0.577. The van der Waals surface area contributed by atoms with Gasteiger partial charge in [-0.15, -0.1) is 0 Å². The van der Waals surface area contributed by atoms with E-state index in [1.807, 2.05) is 6.07 Å². The molecule has 2 heterocycles. The van der Waals surface area contributed by atoms with E-state index >= 15 is 0 Å². The monoisotopic (exact) mass is 327 g/mol. The number of nitriles is 1. The summed E-state index contributed by atoms with van der Waals surface area (Å²) in [7, 11) is 0. The van der Waals surface area contributed by atoms with E-state index in [0.717, 1.165) is 13.0 Å². The fourth-order valence-corrected chi connectivity index (χ4v) is 2.81. The lowest BCUT2D eigenvalue weighted by molar-refractivity contribution is 0.0926. The lowest BCUT2D eigenvalue weighted by atomic mass is 10.1. The lowest BCUT2D eigenvalue weighted by Gasteiger charge is -2.36. The van der Waals surface area contributed by atoms with E-state index in [4.69, 9.17) is 15.7 Å². The molecule has 124 valence electrons. The van der Waals surface area contributed by atoms with Crippen LogP contribution in [0, 0.1) is 17.1 Å². The maximum atomic E-state index is 13.9. The fourth-order valence-electron chi connectivity index (χ4n) is 2.81. The molecule has 0 aliphatic carbocycles. The number of nitrogens with two attached hydrogens (primary N) is 1. The zero-order chi connectivity index (χ0) is 17.1. The quantitative estimate of drug-likeness (QED) is 0.931. The molecule has 1 atom stereocenters. The number of anilines is 2. The molecule has 1 aliphatic rings. The van der Waals surface area contributed by atoms with Crippen LogP contribution < -0.4 is 10.6 Å². The summed E-state index contributed by atoms with van der Waals surface area (Å²) in [5.41, 5.74) is 6.95. The van der Waals surface area contributed by atoms with Crippen molar-refractivity contribution in [2.75, 3.05) is 30.4 Å². The fraction of sp³-hybridized carbons (Fsp3) is 0.353. The molecule has 0 amide bonds. The summed E-state index contributed by atoms with van der Waals surface area (Å²) >= 11 is 0. The van der Waals surface area contributed by atoms with Crippen LogP contribution in [0.4, 0.5) is 16.2 Å². The Balaban J connectivity index is 2.00. The molecule has 1 fully saturated rings. The van der Waals surface area contributed by atoms with Crippen LogP contribution in [0.3, 0.4) is 0 Å². The highest BCUT2D eigenvalue weighted by atomic mass is 19.1. The Kier molecular flexibility index (Phi) is 4.58. The highest BCUT2D eigenvalue weighted by Gasteiger charge is 2.23. The largest absolute Gasteiger partial charge is 0.377 e. The second kappa shape index (κ2) is 6.81. The average molecular weight is 327 g/mol. The van der Waals surface area contributed by atoms with Gasteiger partial charge in [0.05, 0.1) is 30.5 Å². The molecule has 1 saturated heterocycles. The van der Waals surface area contributed by atoms with Crippen molar-refractivity contribution in [1.29, 1.82) is 5.26 Å². The van der Waals surface area contributed by atoms with Gasteiger partial charge in [0.2, 0.25) is 5.95 Å². The topological polar surface area (TPSA) is 88.1 Å². The molecule has 6 nitrogen and oxygen atoms in total. The SMILES string of the molecule is CC[C@@H]1COCCN1c1cc(-c2ccc(C#N)c(F)c2)nc(N)n1. The normalized spacial score (nSPS) is 17.5. The Hall–Kier alpha value is -2.72. The number of nitrogen functional groups attached to an aromatic ring is 1. The summed E-state index contributed by atoms with van der Waals surface area (Å²) in [5, 5.41) is 8.84. The molecule has 2 N–H and O–H groups in total. The first-order valence-electron chi connectivity index (χ1n) is 7.81. The molecule has 1 aromatic carbocycles. The maximum absolute atomic E-state index is 13.9. The molecule has 0 radical (unpaired) electrons. The van der Waals surface area contributed by atoms with Crippen LogP contribution >= 0.6 is 0 Å². The van der Waals surface area contributed by atoms with Crippen LogP contribution in [0.1, 0.15) is 18.9 Å². The van der Waals surface area contributed by atoms with Crippen LogP contribution in [0.2, 0.25) is 0 Å². The van der Waals surface area contributed by atoms with Crippen molar-refractivity contribution in [3.05, 3.63) is 35.6 Å². The van der Waals surface area contributed by atoms with Gasteiger partial charge in [-0.1, -0.05) is 13.0 Å². The van der Waals surface area contributed by atoms with Crippen molar-refractivity contribution in [2.45, 2.75) is 19.4 Å². The Labute approximate surface area is 139 Å². The number of hydrogen-bond acceptors (Lipinski definition) is 6. The maximum Gasteiger partial charge on any atom is 0.222 e. The molecule has 7 heteroatoms. The van der Waals surface area contributed by atoms with Gasteiger partial charge < -0.3 is 15.4 Å². The number of ether oxygens (including phenoxy) is 1. The molecule has 0 saturated carbocycles. The molecule has 1 aliphatic heterocycles. The van der Waals surface area contributed by atoms with E-state index in [2.05, 4.69) is 21.8 Å². The molecule has 1 aromatic heterocycles. The van der Waals surface area contributed by atoms with E-state index in [1.54, 1.807) is 12.1 Å². The van der Waals surface area contributed by atoms with Gasteiger partial charge in [-0.2, -0.15) is 10.2 Å². The number of hydrogen-bond donors (Lipinski definition) is 1. The van der Waals surface area contributed by atoms with Crippen LogP contribution in [-0.4, -0.2) is 35.8 Å². The molecule has 0 spiro atoms. The van der Waals surface area contributed by atoms with Gasteiger partial charge >= 0.3 is 0 Å². The summed E-state index contributed by atoms with van der Waals surface area (Å²) in [5.74, 6) is 0.262. The van der Waals surface area contributed by atoms with E-state index in [9.17, 15) is 4.39 Å². The van der Waals surface area contributed by atoms with Gasteiger partial charge in [0.1, 0.15) is 17.7 Å². The first-order chi connectivity index (χ1) is 11.6. The van der Waals surface area contributed by atoms with E-state index in [1.165, 1.54) is 12.1 Å². The predicted molar refractivity (Wildman–Crippen MR) is 88.8 cm³/mol. The van der Waals surface area contributed by atoms with Crippen molar-refractivity contribution < 1.29 is 9.13 Å². The number of benzene rings is 1. The summed E-state index contributed by atoms with van der Waals surface area (Å²) < 4.78 is 19.4. The highest BCUT2D eigenvalue weighted by Crippen LogP contribution is 2.26. The van der Waals surface area contributed by atoms with Crippen LogP contribution in [0.5, 0.6) is 0 Å². The Bertz CT molecular complexity index is 789. The number of halogens is 1. The molecule has 0 bridgehead atoms. The summed E-state index contributed by atoms with van der Waals surface area (Å²) in [6.07, 6.45) is 0.921. The summed E-state index contributed by atoms with van der Waals surface area (Å²) in [6, 6.07) is 8.21. The van der Waals surface area contributed by atoms with Gasteiger partial charge in [0.25, 0.3) is 0 Å². The zero-order valence-electron chi connectivity index (χ0n) is 13.4. The number of rotatable bonds is 3. The Morgan fingerprint density at radius 1 is 1.42 bits per heavy atom. The third-order valence-electron chi connectivity index (χ3n) is 4.11. The van der Waals surface area contributed by atoms with Crippen molar-refractivity contribution >= 4 is 11.8 Å². The Morgan fingerprint density at radius 2 is 2.25 bits per heavy atom. The second-order valence-corrected chi connectivity index (χ2v) is 5.61. The minimum Gasteiger partial charge on any atom is -0.377 e. The van der Waals surface area contributed by atoms with Crippen LogP contribution in [0.15, 0.2) is 24.3 Å². The highest BCUT2D eigenvalue weighted by molar-refractivity contribution is 5.65. The minimum absolute atomic E-state index is 0.000211. The third-order valence-corrected chi connectivity index (χ3v) is 4.11. The van der Waals surface area contributed by atoms with Gasteiger partial charge in [0.15, 0.2) is 0 Å². The van der Waals surface area contributed by atoms with Gasteiger partial charge in [-0.05, 0) is 18.6 Å². The van der Waals surface area contributed by atoms with Gasteiger partial charge in [0, 0.05) is 18.2 Å². The smallest absolute Gasteiger partial charge is 0.222 e. The molecular formula is C17H18FN5O. The van der Waals surface area contributed by atoms with Crippen molar-refractivity contribution in [2.24, 2.45) is 0 Å². The number of morpholine rings is 1. The standard InChI is InChI=1S/C17H18FN5O/c1-2-13-10-24-6-5-23(13)16-8-15(21-17(20)22-16)11-3-4-12(9-19)14(18)7-11/h3-4,7-8,13H,2,5-6,10H2,1H3,(H2,20,21,22)/t13-/m1/s1. The van der Waals surface area contributed by atoms with Crippen molar-refractivity contribution in [1.82, 2.24) is 9.97 Å². The molecule has 2 aromatic rings. The third kappa shape index (κ3) is 3.14. The first-order valence-corrected chi connectivity index (χ1v) is 7.81. The van der Waals surface area contributed by atoms with Crippen LogP contribution in [-0.2, 0) is 4.74 Å².